The van der Waals surface area contributed by atoms with Gasteiger partial charge in [0.2, 0.25) is 5.82 Å². The Morgan fingerprint density at radius 2 is 1.81 bits per heavy atom. The molecular formula is C18H12BrN7S. The Morgan fingerprint density at radius 1 is 1.07 bits per heavy atom. The van der Waals surface area contributed by atoms with Crippen LogP contribution >= 0.6 is 28.6 Å². The lowest BCUT2D eigenvalue weighted by molar-refractivity contribution is 0.573. The second kappa shape index (κ2) is 7.34. The van der Waals surface area contributed by atoms with Crippen LogP contribution in [0.4, 0.5) is 0 Å². The summed E-state index contributed by atoms with van der Waals surface area (Å²) in [6.07, 6.45) is 1.67. The molecule has 0 radical (unpaired) electrons. The average molecular weight is 438 g/mol. The molecule has 4 rings (SSSR count). The third-order valence-electron chi connectivity index (χ3n) is 3.92. The summed E-state index contributed by atoms with van der Waals surface area (Å²) in [6, 6.07) is 17.1. The van der Waals surface area contributed by atoms with Crippen LogP contribution in [0.25, 0.3) is 17.1 Å². The minimum Gasteiger partial charge on any atom is -0.227 e. The molecule has 0 saturated heterocycles. The quantitative estimate of drug-likeness (QED) is 0.493. The van der Waals surface area contributed by atoms with Crippen LogP contribution in [0.15, 0.2) is 64.2 Å². The van der Waals surface area contributed by atoms with E-state index in [1.807, 2.05) is 36.4 Å². The van der Waals surface area contributed by atoms with E-state index in [2.05, 4.69) is 55.1 Å². The first-order chi connectivity index (χ1) is 13.1. The van der Waals surface area contributed by atoms with Crippen molar-refractivity contribution in [1.82, 2.24) is 30.0 Å². The molecule has 9 heteroatoms. The summed E-state index contributed by atoms with van der Waals surface area (Å²) in [5, 5.41) is 26.5. The van der Waals surface area contributed by atoms with E-state index in [9.17, 15) is 0 Å². The maximum absolute atomic E-state index is 8.86. The highest BCUT2D eigenvalue weighted by Gasteiger charge is 2.15. The van der Waals surface area contributed by atoms with Gasteiger partial charge in [0.25, 0.3) is 0 Å². The molecule has 132 valence electrons. The molecule has 0 amide bonds. The first-order valence-electron chi connectivity index (χ1n) is 7.94. The monoisotopic (exact) mass is 437 g/mol. The fourth-order valence-corrected chi connectivity index (χ4v) is 3.13. The first kappa shape index (κ1) is 17.5. The molecule has 7 nitrogen and oxygen atoms in total. The van der Waals surface area contributed by atoms with Crippen LogP contribution in [-0.2, 0) is 6.54 Å². The average Bonchev–Trinajstić information content (AvgIpc) is 3.29. The van der Waals surface area contributed by atoms with Crippen LogP contribution in [0.5, 0.6) is 0 Å². The first-order valence-corrected chi connectivity index (χ1v) is 9.18. The van der Waals surface area contributed by atoms with Crippen molar-refractivity contribution < 1.29 is 0 Å². The van der Waals surface area contributed by atoms with Crippen molar-refractivity contribution in [3.05, 3.63) is 70.3 Å². The molecule has 0 saturated carbocycles. The number of halogens is 1. The highest BCUT2D eigenvalue weighted by molar-refractivity contribution is 9.10. The fraction of sp³-hybridized carbons (Fsp3) is 0.0556. The lowest BCUT2D eigenvalue weighted by Gasteiger charge is -2.03. The zero-order chi connectivity index (χ0) is 18.8. The number of benzene rings is 2. The van der Waals surface area contributed by atoms with Crippen LogP contribution in [0.3, 0.4) is 0 Å². The molecule has 2 aromatic carbocycles. The molecule has 0 bridgehead atoms. The topological polar surface area (TPSA) is 85.2 Å². The van der Waals surface area contributed by atoms with Crippen LogP contribution in [0.2, 0.25) is 0 Å². The largest absolute Gasteiger partial charge is 0.227 e. The maximum Gasteiger partial charge on any atom is 0.209 e. The molecule has 0 unspecified atom stereocenters. The van der Waals surface area contributed by atoms with Crippen molar-refractivity contribution in [2.24, 2.45) is 0 Å². The van der Waals surface area contributed by atoms with E-state index in [1.54, 1.807) is 23.0 Å². The third kappa shape index (κ3) is 3.63. The number of nitrogens with zero attached hydrogens (tertiary/aromatic N) is 7. The smallest absolute Gasteiger partial charge is 0.209 e. The van der Waals surface area contributed by atoms with E-state index in [4.69, 9.17) is 5.26 Å². The van der Waals surface area contributed by atoms with Crippen molar-refractivity contribution in [3.63, 3.8) is 0 Å². The number of hydrogen-bond donors (Lipinski definition) is 1. The predicted molar refractivity (Wildman–Crippen MR) is 106 cm³/mol. The zero-order valence-corrected chi connectivity index (χ0v) is 16.3. The minimum atomic E-state index is 0.456. The Balaban J connectivity index is 1.58. The number of thiol groups is 1. The van der Waals surface area contributed by atoms with Gasteiger partial charge in [-0.2, -0.15) is 15.2 Å². The summed E-state index contributed by atoms with van der Waals surface area (Å²) in [6.45, 7) is 0.460. The Hall–Kier alpha value is -2.96. The molecule has 0 aliphatic rings. The summed E-state index contributed by atoms with van der Waals surface area (Å²) in [4.78, 5) is 1.50. The third-order valence-corrected chi connectivity index (χ3v) is 4.87. The predicted octanol–water partition coefficient (Wildman–Crippen LogP) is 3.50. The van der Waals surface area contributed by atoms with E-state index < -0.39 is 0 Å². The molecular weight excluding hydrogens is 426 g/mol. The summed E-state index contributed by atoms with van der Waals surface area (Å²) in [7, 11) is 0. The molecule has 0 fully saturated rings. The van der Waals surface area contributed by atoms with Gasteiger partial charge in [0.15, 0.2) is 0 Å². The number of hydrogen-bond acceptors (Lipinski definition) is 6. The molecule has 0 aliphatic carbocycles. The van der Waals surface area contributed by atoms with E-state index in [-0.39, 0.29) is 0 Å². The van der Waals surface area contributed by atoms with Gasteiger partial charge in [-0.15, -0.1) is 22.8 Å². The van der Waals surface area contributed by atoms with Gasteiger partial charge in [0.1, 0.15) is 5.03 Å². The van der Waals surface area contributed by atoms with Gasteiger partial charge in [-0.1, -0.05) is 28.1 Å². The fourth-order valence-electron chi connectivity index (χ4n) is 2.54. The second-order valence-corrected chi connectivity index (χ2v) is 7.06. The molecule has 0 aliphatic heterocycles. The van der Waals surface area contributed by atoms with Crippen molar-refractivity contribution >= 4 is 28.6 Å². The Morgan fingerprint density at radius 3 is 2.52 bits per heavy atom. The van der Waals surface area contributed by atoms with E-state index >= 15 is 0 Å². The standard InChI is InChI=1S/C18H12BrN7S/c19-14-5-7-15(8-6-14)26-18(27)16(10-21-26)17-22-24-25(23-17)11-13-3-1-12(9-20)2-4-13/h1-8,10,27H,11H2. The van der Waals surface area contributed by atoms with Crippen molar-refractivity contribution in [1.29, 1.82) is 5.26 Å². The van der Waals surface area contributed by atoms with Crippen molar-refractivity contribution in [2.45, 2.75) is 11.6 Å². The van der Waals surface area contributed by atoms with Gasteiger partial charge in [-0.05, 0) is 47.2 Å². The molecule has 4 aromatic rings. The number of tetrazole rings is 1. The Kier molecular flexibility index (Phi) is 4.75. The lowest BCUT2D eigenvalue weighted by Crippen LogP contribution is -2.04. The van der Waals surface area contributed by atoms with Gasteiger partial charge in [-0.25, -0.2) is 4.68 Å². The number of rotatable bonds is 4. The van der Waals surface area contributed by atoms with Crippen LogP contribution in [0, 0.1) is 11.3 Å². The second-order valence-electron chi connectivity index (χ2n) is 5.72. The number of nitriles is 1. The Labute approximate surface area is 168 Å². The Bertz CT molecular complexity index is 1120. The van der Waals surface area contributed by atoms with Crippen molar-refractivity contribution in [3.8, 4) is 23.1 Å². The summed E-state index contributed by atoms with van der Waals surface area (Å²) in [5.41, 5.74) is 3.19. The van der Waals surface area contributed by atoms with Gasteiger partial charge < -0.3 is 0 Å². The summed E-state index contributed by atoms with van der Waals surface area (Å²) < 4.78 is 2.71. The van der Waals surface area contributed by atoms with Crippen LogP contribution in [0.1, 0.15) is 11.1 Å². The molecule has 0 atom stereocenters. The molecule has 2 aromatic heterocycles. The zero-order valence-electron chi connectivity index (χ0n) is 13.9. The SMILES string of the molecule is N#Cc1ccc(Cn2nnc(-c3cnn(-c4ccc(Br)cc4)c3S)n2)cc1. The van der Waals surface area contributed by atoms with E-state index in [0.29, 0.717) is 28.5 Å². The highest BCUT2D eigenvalue weighted by Crippen LogP contribution is 2.26. The van der Waals surface area contributed by atoms with Crippen LogP contribution < -0.4 is 0 Å². The van der Waals surface area contributed by atoms with Gasteiger partial charge in [-0.3, -0.25) is 0 Å². The number of aromatic nitrogens is 6. The normalized spacial score (nSPS) is 10.7. The summed E-state index contributed by atoms with van der Waals surface area (Å²) in [5.74, 6) is 0.456. The minimum absolute atomic E-state index is 0.456. The molecule has 2 heterocycles. The molecule has 0 spiro atoms. The molecule has 0 N–H and O–H groups in total. The van der Waals surface area contributed by atoms with Gasteiger partial charge in [0, 0.05) is 4.47 Å². The van der Waals surface area contributed by atoms with E-state index in [0.717, 1.165) is 15.7 Å². The van der Waals surface area contributed by atoms with Gasteiger partial charge >= 0.3 is 0 Å². The molecule has 27 heavy (non-hydrogen) atoms. The maximum atomic E-state index is 8.86. The highest BCUT2D eigenvalue weighted by atomic mass is 79.9. The van der Waals surface area contributed by atoms with E-state index in [1.165, 1.54) is 4.80 Å². The van der Waals surface area contributed by atoms with Crippen molar-refractivity contribution in [2.75, 3.05) is 0 Å². The van der Waals surface area contributed by atoms with Gasteiger partial charge in [0.05, 0.1) is 35.6 Å². The lowest BCUT2D eigenvalue weighted by atomic mass is 10.1. The summed E-state index contributed by atoms with van der Waals surface area (Å²) >= 11 is 8.00. The van der Waals surface area contributed by atoms with Crippen LogP contribution in [-0.4, -0.2) is 30.0 Å².